The highest BCUT2D eigenvalue weighted by molar-refractivity contribution is 5.96. The Kier molecular flexibility index (Phi) is 3.34. The third-order valence-electron chi connectivity index (χ3n) is 4.00. The van der Waals surface area contributed by atoms with Gasteiger partial charge in [-0.05, 0) is 28.9 Å². The monoisotopic (exact) mass is 241 g/mol. The SMILES string of the molecule is CCC(C)(C)c1ccc(N(C)C)c2ccccc12. The molecule has 0 heterocycles. The number of anilines is 1. The maximum atomic E-state index is 2.32. The lowest BCUT2D eigenvalue weighted by molar-refractivity contribution is 0.511. The van der Waals surface area contributed by atoms with Crippen molar-refractivity contribution in [1.29, 1.82) is 0 Å². The number of benzene rings is 2. The Morgan fingerprint density at radius 1 is 0.944 bits per heavy atom. The Bertz CT molecular complexity index is 553. The van der Waals surface area contributed by atoms with Crippen molar-refractivity contribution in [1.82, 2.24) is 0 Å². The van der Waals surface area contributed by atoms with E-state index < -0.39 is 0 Å². The molecular formula is C17H23N. The van der Waals surface area contributed by atoms with Gasteiger partial charge in [-0.25, -0.2) is 0 Å². The first-order valence-electron chi connectivity index (χ1n) is 6.67. The van der Waals surface area contributed by atoms with E-state index in [1.807, 2.05) is 0 Å². The molecule has 0 amide bonds. The summed E-state index contributed by atoms with van der Waals surface area (Å²) in [4.78, 5) is 2.19. The van der Waals surface area contributed by atoms with E-state index in [-0.39, 0.29) is 5.41 Å². The van der Waals surface area contributed by atoms with Crippen LogP contribution in [-0.2, 0) is 5.41 Å². The standard InChI is InChI=1S/C17H23N/c1-6-17(2,3)15-11-12-16(18(4)5)14-10-8-7-9-13(14)15/h7-12H,6H2,1-5H3. The maximum Gasteiger partial charge on any atom is 0.0440 e. The largest absolute Gasteiger partial charge is 0.377 e. The Balaban J connectivity index is 2.76. The van der Waals surface area contributed by atoms with Gasteiger partial charge in [0, 0.05) is 25.2 Å². The van der Waals surface area contributed by atoms with Crippen molar-refractivity contribution in [3.05, 3.63) is 42.0 Å². The molecule has 1 heteroatoms. The predicted molar refractivity (Wildman–Crippen MR) is 81.6 cm³/mol. The fraction of sp³-hybridized carbons (Fsp3) is 0.412. The molecule has 0 saturated heterocycles. The Morgan fingerprint density at radius 2 is 1.56 bits per heavy atom. The lowest BCUT2D eigenvalue weighted by Crippen LogP contribution is -2.17. The van der Waals surface area contributed by atoms with Gasteiger partial charge >= 0.3 is 0 Å². The minimum Gasteiger partial charge on any atom is -0.377 e. The summed E-state index contributed by atoms with van der Waals surface area (Å²) in [6.45, 7) is 6.91. The number of fused-ring (bicyclic) bond motifs is 1. The van der Waals surface area contributed by atoms with E-state index in [0.29, 0.717) is 0 Å². The molecule has 0 fully saturated rings. The van der Waals surface area contributed by atoms with Crippen LogP contribution >= 0.6 is 0 Å². The summed E-state index contributed by atoms with van der Waals surface area (Å²) < 4.78 is 0. The van der Waals surface area contributed by atoms with E-state index in [2.05, 4.69) is 76.2 Å². The molecule has 2 aromatic carbocycles. The van der Waals surface area contributed by atoms with Gasteiger partial charge in [-0.1, -0.05) is 51.1 Å². The highest BCUT2D eigenvalue weighted by atomic mass is 15.1. The Hall–Kier alpha value is -1.50. The van der Waals surface area contributed by atoms with Crippen LogP contribution in [0.3, 0.4) is 0 Å². The molecule has 0 bridgehead atoms. The van der Waals surface area contributed by atoms with Crippen molar-refractivity contribution in [2.45, 2.75) is 32.6 Å². The second-order valence-corrected chi connectivity index (χ2v) is 5.81. The molecule has 96 valence electrons. The van der Waals surface area contributed by atoms with Crippen molar-refractivity contribution in [3.63, 3.8) is 0 Å². The lowest BCUT2D eigenvalue weighted by atomic mass is 9.79. The van der Waals surface area contributed by atoms with E-state index in [9.17, 15) is 0 Å². The lowest BCUT2D eigenvalue weighted by Gasteiger charge is -2.27. The van der Waals surface area contributed by atoms with Crippen molar-refractivity contribution in [3.8, 4) is 0 Å². The fourth-order valence-electron chi connectivity index (χ4n) is 2.45. The van der Waals surface area contributed by atoms with Crippen LogP contribution in [0.4, 0.5) is 5.69 Å². The average molecular weight is 241 g/mol. The quantitative estimate of drug-likeness (QED) is 0.759. The summed E-state index contributed by atoms with van der Waals surface area (Å²) in [5.74, 6) is 0. The van der Waals surface area contributed by atoms with E-state index in [1.165, 1.54) is 22.0 Å². The molecule has 0 atom stereocenters. The van der Waals surface area contributed by atoms with Gasteiger partial charge in [-0.2, -0.15) is 0 Å². The summed E-state index contributed by atoms with van der Waals surface area (Å²) >= 11 is 0. The third-order valence-corrected chi connectivity index (χ3v) is 4.00. The van der Waals surface area contributed by atoms with E-state index in [0.717, 1.165) is 6.42 Å². The van der Waals surface area contributed by atoms with Crippen LogP contribution in [-0.4, -0.2) is 14.1 Å². The van der Waals surface area contributed by atoms with Crippen molar-refractivity contribution in [2.75, 3.05) is 19.0 Å². The Labute approximate surface area is 110 Å². The summed E-state index contributed by atoms with van der Waals surface area (Å²) in [5.41, 5.74) is 2.97. The molecule has 0 aliphatic heterocycles. The summed E-state index contributed by atoms with van der Waals surface area (Å²) in [5, 5.41) is 2.73. The molecule has 2 rings (SSSR count). The third kappa shape index (κ3) is 2.10. The normalized spacial score (nSPS) is 11.8. The zero-order valence-electron chi connectivity index (χ0n) is 12.1. The average Bonchev–Trinajstić information content (AvgIpc) is 2.37. The molecule has 0 aliphatic rings. The number of rotatable bonds is 3. The van der Waals surface area contributed by atoms with Crippen LogP contribution in [0.2, 0.25) is 0 Å². The van der Waals surface area contributed by atoms with Crippen LogP contribution < -0.4 is 4.90 Å². The van der Waals surface area contributed by atoms with Gasteiger partial charge < -0.3 is 4.90 Å². The van der Waals surface area contributed by atoms with Gasteiger partial charge in [0.05, 0.1) is 0 Å². The first-order chi connectivity index (χ1) is 8.47. The molecule has 0 N–H and O–H groups in total. The molecule has 0 spiro atoms. The van der Waals surface area contributed by atoms with Crippen molar-refractivity contribution >= 4 is 16.5 Å². The highest BCUT2D eigenvalue weighted by Gasteiger charge is 2.21. The summed E-state index contributed by atoms with van der Waals surface area (Å²) in [6, 6.07) is 13.3. The number of hydrogen-bond donors (Lipinski definition) is 0. The first-order valence-corrected chi connectivity index (χ1v) is 6.67. The predicted octanol–water partition coefficient (Wildman–Crippen LogP) is 4.59. The van der Waals surface area contributed by atoms with E-state index >= 15 is 0 Å². The van der Waals surface area contributed by atoms with Gasteiger partial charge in [0.1, 0.15) is 0 Å². The molecule has 18 heavy (non-hydrogen) atoms. The second-order valence-electron chi connectivity index (χ2n) is 5.81. The van der Waals surface area contributed by atoms with Crippen LogP contribution in [0.1, 0.15) is 32.8 Å². The summed E-state index contributed by atoms with van der Waals surface area (Å²) in [6.07, 6.45) is 1.15. The number of nitrogens with zero attached hydrogens (tertiary/aromatic N) is 1. The Morgan fingerprint density at radius 3 is 2.11 bits per heavy atom. The maximum absolute atomic E-state index is 2.32. The molecule has 0 aliphatic carbocycles. The van der Waals surface area contributed by atoms with Gasteiger partial charge in [0.15, 0.2) is 0 Å². The van der Waals surface area contributed by atoms with Gasteiger partial charge in [-0.15, -0.1) is 0 Å². The first kappa shape index (κ1) is 12.9. The number of hydrogen-bond acceptors (Lipinski definition) is 1. The smallest absolute Gasteiger partial charge is 0.0440 e. The molecule has 0 aromatic heterocycles. The van der Waals surface area contributed by atoms with E-state index in [1.54, 1.807) is 0 Å². The van der Waals surface area contributed by atoms with Gasteiger partial charge in [0.2, 0.25) is 0 Å². The van der Waals surface area contributed by atoms with E-state index in [4.69, 9.17) is 0 Å². The minimum absolute atomic E-state index is 0.227. The van der Waals surface area contributed by atoms with Gasteiger partial charge in [-0.3, -0.25) is 0 Å². The zero-order chi connectivity index (χ0) is 13.3. The molecular weight excluding hydrogens is 218 g/mol. The zero-order valence-corrected chi connectivity index (χ0v) is 12.1. The van der Waals surface area contributed by atoms with Crippen molar-refractivity contribution in [2.24, 2.45) is 0 Å². The molecule has 0 radical (unpaired) electrons. The summed E-state index contributed by atoms with van der Waals surface area (Å²) in [7, 11) is 4.21. The second kappa shape index (κ2) is 4.64. The molecule has 0 saturated carbocycles. The molecule has 2 aromatic rings. The molecule has 0 unspecified atom stereocenters. The van der Waals surface area contributed by atoms with Crippen LogP contribution in [0.15, 0.2) is 36.4 Å². The van der Waals surface area contributed by atoms with Crippen LogP contribution in [0.5, 0.6) is 0 Å². The highest BCUT2D eigenvalue weighted by Crippen LogP contribution is 2.36. The van der Waals surface area contributed by atoms with Crippen molar-refractivity contribution < 1.29 is 0 Å². The van der Waals surface area contributed by atoms with Crippen LogP contribution in [0, 0.1) is 0 Å². The topological polar surface area (TPSA) is 3.24 Å². The van der Waals surface area contributed by atoms with Gasteiger partial charge in [0.25, 0.3) is 0 Å². The fourth-order valence-corrected chi connectivity index (χ4v) is 2.45. The van der Waals surface area contributed by atoms with Crippen LogP contribution in [0.25, 0.3) is 10.8 Å². The molecule has 1 nitrogen and oxygen atoms in total. The minimum atomic E-state index is 0.227.